The average molecular weight is 368 g/mol. The molecule has 2 N–H and O–H groups in total. The lowest BCUT2D eigenvalue weighted by Crippen LogP contribution is -2.34. The first-order chi connectivity index (χ1) is 11.6. The summed E-state index contributed by atoms with van der Waals surface area (Å²) in [5.74, 6) is -0.170. The van der Waals surface area contributed by atoms with Crippen LogP contribution in [0.1, 0.15) is 43.8 Å². The molecule has 136 valence electrons. The van der Waals surface area contributed by atoms with E-state index in [1.807, 2.05) is 20.8 Å². The van der Waals surface area contributed by atoms with E-state index < -0.39 is 17.2 Å². The molecule has 2 aromatic rings. The number of ketones is 1. The minimum Gasteiger partial charge on any atom is -0.598 e. The molecule has 0 aliphatic heterocycles. The van der Waals surface area contributed by atoms with Gasteiger partial charge in [0.05, 0.1) is 5.56 Å². The Morgan fingerprint density at radius 3 is 2.52 bits per heavy atom. The normalized spacial score (nSPS) is 12.1. The molecule has 1 atom stereocenters. The fourth-order valence-electron chi connectivity index (χ4n) is 1.76. The van der Waals surface area contributed by atoms with Crippen LogP contribution in [0.25, 0.3) is 21.4 Å². The molecule has 0 aliphatic rings. The van der Waals surface area contributed by atoms with Gasteiger partial charge in [-0.2, -0.15) is 5.14 Å². The Kier molecular flexibility index (Phi) is 7.44. The Balaban J connectivity index is 0.000000381. The molecule has 1 heterocycles. The summed E-state index contributed by atoms with van der Waals surface area (Å²) in [5.41, 5.74) is 8.77. The molecule has 7 nitrogen and oxygen atoms in total. The summed E-state index contributed by atoms with van der Waals surface area (Å²) in [7, 11) is 0. The largest absolute Gasteiger partial charge is 0.598 e. The first-order valence-corrected chi connectivity index (χ1v) is 8.67. The van der Waals surface area contributed by atoms with Crippen LogP contribution in [0.15, 0.2) is 27.7 Å². The number of fused-ring (bicyclic) bond motifs is 1. The summed E-state index contributed by atoms with van der Waals surface area (Å²) in [5, 5.41) is 8.97. The first-order valence-electron chi connectivity index (χ1n) is 7.46. The van der Waals surface area contributed by atoms with E-state index in [4.69, 9.17) is 15.1 Å². The maximum Gasteiger partial charge on any atom is 0.163 e. The molecule has 1 aromatic carbocycles. The van der Waals surface area contributed by atoms with Crippen molar-refractivity contribution in [2.75, 3.05) is 6.54 Å². The number of hydrogen-bond donors (Lipinski definition) is 1. The lowest BCUT2D eigenvalue weighted by molar-refractivity contribution is 0.101. The number of furan rings is 1. The van der Waals surface area contributed by atoms with Crippen molar-refractivity contribution in [1.29, 1.82) is 0 Å². The van der Waals surface area contributed by atoms with Gasteiger partial charge in [-0.15, -0.1) is 0 Å². The minimum absolute atomic E-state index is 0.222. The van der Waals surface area contributed by atoms with E-state index in [0.29, 0.717) is 23.2 Å². The Morgan fingerprint density at radius 1 is 1.44 bits per heavy atom. The summed E-state index contributed by atoms with van der Waals surface area (Å²) in [6.45, 7) is 7.12. The van der Waals surface area contributed by atoms with E-state index in [2.05, 4.69) is 10.0 Å². The molecule has 0 amide bonds. The molecule has 0 saturated carbocycles. The van der Waals surface area contributed by atoms with Crippen LogP contribution in [-0.4, -0.2) is 21.6 Å². The topological polar surface area (TPSA) is 128 Å². The second kappa shape index (κ2) is 8.87. The number of Topliss-reactive ketones (excluding diaryl/α,β-unsaturated/α-hetero) is 1. The second-order valence-electron chi connectivity index (χ2n) is 6.25. The number of nitrogens with zero attached hydrogens (tertiary/aromatic N) is 3. The van der Waals surface area contributed by atoms with E-state index in [9.17, 15) is 13.7 Å². The van der Waals surface area contributed by atoms with Crippen LogP contribution in [0.5, 0.6) is 0 Å². The van der Waals surface area contributed by atoms with Gasteiger partial charge in [0.2, 0.25) is 0 Å². The Morgan fingerprint density at radius 2 is 2.04 bits per heavy atom. The van der Waals surface area contributed by atoms with Gasteiger partial charge in [-0.3, -0.25) is 4.79 Å². The van der Waals surface area contributed by atoms with Crippen molar-refractivity contribution < 1.29 is 18.2 Å². The third-order valence-corrected chi connectivity index (χ3v) is 4.34. The van der Waals surface area contributed by atoms with E-state index in [1.54, 1.807) is 6.07 Å². The highest BCUT2D eigenvalue weighted by atomic mass is 32.2. The third kappa shape index (κ3) is 6.39. The van der Waals surface area contributed by atoms with Crippen molar-refractivity contribution in [3.63, 3.8) is 0 Å². The average Bonchev–Trinajstić information content (AvgIpc) is 2.88. The zero-order valence-corrected chi connectivity index (χ0v) is 15.4. The fraction of sp³-hybridized carbons (Fsp3) is 0.438. The number of hydrogen-bond acceptors (Lipinski definition) is 5. The van der Waals surface area contributed by atoms with Crippen LogP contribution in [0.2, 0.25) is 0 Å². The van der Waals surface area contributed by atoms with E-state index in [1.165, 1.54) is 13.0 Å². The molecule has 1 aromatic heterocycles. The molecule has 9 heteroatoms. The number of rotatable bonds is 4. The van der Waals surface area contributed by atoms with Crippen LogP contribution in [-0.2, 0) is 17.8 Å². The van der Waals surface area contributed by atoms with Gasteiger partial charge in [-0.05, 0) is 51.4 Å². The standard InChI is InChI=1S/C12H10FN3O2.C4H11NOS/c1-7(17)11-6-9(13)4-8-5-10(18-12(8)11)2-3-15-16-14;1-4(2,3)7(5)6/h4-6H,2-3H2,1H3;5H2,1-3H3. The number of carbonyl (C=O) groups excluding carboxylic acids is 1. The maximum atomic E-state index is 13.3. The molecule has 25 heavy (non-hydrogen) atoms. The summed E-state index contributed by atoms with van der Waals surface area (Å²) < 4.78 is 28.9. The van der Waals surface area contributed by atoms with Crippen LogP contribution in [0, 0.1) is 5.82 Å². The Hall–Kier alpha value is -2.06. The monoisotopic (exact) mass is 368 g/mol. The Bertz CT molecular complexity index is 793. The van der Waals surface area contributed by atoms with Gasteiger partial charge < -0.3 is 8.97 Å². The predicted molar refractivity (Wildman–Crippen MR) is 96.0 cm³/mol. The lowest BCUT2D eigenvalue weighted by atomic mass is 10.1. The highest BCUT2D eigenvalue weighted by Crippen LogP contribution is 2.25. The Labute approximate surface area is 148 Å². The highest BCUT2D eigenvalue weighted by molar-refractivity contribution is 7.90. The van der Waals surface area contributed by atoms with Crippen molar-refractivity contribution >= 4 is 28.1 Å². The van der Waals surface area contributed by atoms with Gasteiger partial charge in [0.1, 0.15) is 21.9 Å². The van der Waals surface area contributed by atoms with Gasteiger partial charge in [0.25, 0.3) is 0 Å². The van der Waals surface area contributed by atoms with Gasteiger partial charge in [-0.1, -0.05) is 5.11 Å². The number of carbonyl (C=O) groups is 1. The van der Waals surface area contributed by atoms with Crippen LogP contribution >= 0.6 is 0 Å². The van der Waals surface area contributed by atoms with Gasteiger partial charge in [0.15, 0.2) is 5.78 Å². The van der Waals surface area contributed by atoms with Gasteiger partial charge >= 0.3 is 0 Å². The van der Waals surface area contributed by atoms with Crippen LogP contribution in [0.3, 0.4) is 0 Å². The number of azide groups is 1. The zero-order valence-electron chi connectivity index (χ0n) is 14.6. The molecule has 0 bridgehead atoms. The maximum absolute atomic E-state index is 13.3. The smallest absolute Gasteiger partial charge is 0.163 e. The molecular weight excluding hydrogens is 347 g/mol. The summed E-state index contributed by atoms with van der Waals surface area (Å²) in [6.07, 6.45) is 0.414. The van der Waals surface area contributed by atoms with Gasteiger partial charge in [-0.25, -0.2) is 4.39 Å². The molecule has 0 radical (unpaired) electrons. The zero-order chi connectivity index (χ0) is 19.2. The lowest BCUT2D eigenvalue weighted by Gasteiger charge is -2.17. The molecule has 0 spiro atoms. The second-order valence-corrected chi connectivity index (χ2v) is 8.07. The van der Waals surface area contributed by atoms with Crippen molar-refractivity contribution in [3.8, 4) is 0 Å². The summed E-state index contributed by atoms with van der Waals surface area (Å²) >= 11 is -1.18. The summed E-state index contributed by atoms with van der Waals surface area (Å²) in [4.78, 5) is 14.0. The quantitative estimate of drug-likeness (QED) is 0.287. The van der Waals surface area contributed by atoms with E-state index in [-0.39, 0.29) is 22.6 Å². The fourth-order valence-corrected chi connectivity index (χ4v) is 1.76. The predicted octanol–water partition coefficient (Wildman–Crippen LogP) is 4.03. The first kappa shape index (κ1) is 21.0. The molecule has 1 unspecified atom stereocenters. The number of benzene rings is 1. The molecule has 0 saturated heterocycles. The molecular formula is C16H21FN4O3S. The van der Waals surface area contributed by atoms with Crippen molar-refractivity contribution in [3.05, 3.63) is 45.8 Å². The minimum atomic E-state index is -1.18. The molecule has 0 fully saturated rings. The molecule has 2 rings (SSSR count). The van der Waals surface area contributed by atoms with Crippen molar-refractivity contribution in [2.45, 2.75) is 38.9 Å². The SMILES string of the molecule is CC(=O)c1cc(F)cc2cc(CCN=[N+]=[N-])oc12.CC(C)(C)[S+](N)[O-]. The summed E-state index contributed by atoms with van der Waals surface area (Å²) in [6, 6.07) is 4.12. The number of halogens is 1. The molecule has 0 aliphatic carbocycles. The van der Waals surface area contributed by atoms with Crippen molar-refractivity contribution in [1.82, 2.24) is 0 Å². The van der Waals surface area contributed by atoms with Crippen molar-refractivity contribution in [2.24, 2.45) is 10.3 Å². The van der Waals surface area contributed by atoms with Crippen LogP contribution in [0.4, 0.5) is 4.39 Å². The van der Waals surface area contributed by atoms with E-state index in [0.717, 1.165) is 6.07 Å². The van der Waals surface area contributed by atoms with Gasteiger partial charge in [0, 0.05) is 34.6 Å². The van der Waals surface area contributed by atoms with E-state index >= 15 is 0 Å². The highest BCUT2D eigenvalue weighted by Gasteiger charge is 2.21. The number of nitrogens with two attached hydrogens (primary N) is 1. The third-order valence-electron chi connectivity index (χ3n) is 3.14. The van der Waals surface area contributed by atoms with Crippen LogP contribution < -0.4 is 5.14 Å².